The van der Waals surface area contributed by atoms with Crippen LogP contribution in [-0.2, 0) is 6.17 Å². The maximum Gasteiger partial charge on any atom is 0.271 e. The fourth-order valence-corrected chi connectivity index (χ4v) is 4.78. The lowest BCUT2D eigenvalue weighted by molar-refractivity contribution is 0.415. The van der Waals surface area contributed by atoms with E-state index in [0.29, 0.717) is 0 Å². The SMILES string of the molecule is COc1ccc(-c2cc3ncn(C[Si](C)(C)C)c(=O)c3s2)cc1. The highest BCUT2D eigenvalue weighted by Crippen LogP contribution is 2.31. The Morgan fingerprint density at radius 3 is 2.52 bits per heavy atom. The van der Waals surface area contributed by atoms with Crippen molar-refractivity contribution >= 4 is 29.6 Å². The molecule has 1 aromatic carbocycles. The average molecular weight is 345 g/mol. The van der Waals surface area contributed by atoms with E-state index in [-0.39, 0.29) is 5.56 Å². The lowest BCUT2D eigenvalue weighted by Crippen LogP contribution is -2.34. The van der Waals surface area contributed by atoms with Gasteiger partial charge in [-0.05, 0) is 35.9 Å². The van der Waals surface area contributed by atoms with Crippen LogP contribution in [0.25, 0.3) is 20.7 Å². The van der Waals surface area contributed by atoms with Gasteiger partial charge in [0.05, 0.1) is 27.0 Å². The summed E-state index contributed by atoms with van der Waals surface area (Å²) in [6, 6.07) is 9.85. The topological polar surface area (TPSA) is 44.1 Å². The van der Waals surface area contributed by atoms with Crippen molar-refractivity contribution in [3.05, 3.63) is 47.0 Å². The molecule has 23 heavy (non-hydrogen) atoms. The molecule has 0 atom stereocenters. The van der Waals surface area contributed by atoms with Gasteiger partial charge in [0, 0.05) is 11.0 Å². The second-order valence-electron chi connectivity index (χ2n) is 6.79. The Hall–Kier alpha value is -1.92. The molecule has 0 aliphatic heterocycles. The van der Waals surface area contributed by atoms with Crippen LogP contribution in [0.5, 0.6) is 5.75 Å². The Kier molecular flexibility index (Phi) is 4.12. The summed E-state index contributed by atoms with van der Waals surface area (Å²) in [5.74, 6) is 0.825. The first-order valence-corrected chi connectivity index (χ1v) is 12.0. The number of benzene rings is 1. The number of rotatable bonds is 4. The molecule has 0 aliphatic carbocycles. The molecule has 0 N–H and O–H groups in total. The molecule has 0 unspecified atom stereocenters. The van der Waals surface area contributed by atoms with Gasteiger partial charge in [-0.15, -0.1) is 11.3 Å². The van der Waals surface area contributed by atoms with Crippen LogP contribution >= 0.6 is 11.3 Å². The third kappa shape index (κ3) is 3.38. The largest absolute Gasteiger partial charge is 0.497 e. The van der Waals surface area contributed by atoms with E-state index in [2.05, 4.69) is 24.6 Å². The monoisotopic (exact) mass is 344 g/mol. The molecular weight excluding hydrogens is 324 g/mol. The van der Waals surface area contributed by atoms with Crippen LogP contribution in [0.15, 0.2) is 41.5 Å². The van der Waals surface area contributed by atoms with Crippen molar-refractivity contribution in [3.8, 4) is 16.2 Å². The second-order valence-corrected chi connectivity index (χ2v) is 13.3. The van der Waals surface area contributed by atoms with Gasteiger partial charge in [-0.25, -0.2) is 4.98 Å². The number of hydrogen-bond donors (Lipinski definition) is 0. The zero-order valence-corrected chi connectivity index (χ0v) is 15.6. The van der Waals surface area contributed by atoms with Crippen LogP contribution in [0.3, 0.4) is 0 Å². The van der Waals surface area contributed by atoms with Gasteiger partial charge >= 0.3 is 0 Å². The molecule has 0 radical (unpaired) electrons. The number of nitrogens with zero attached hydrogens (tertiary/aromatic N) is 2. The van der Waals surface area contributed by atoms with E-state index in [1.807, 2.05) is 30.3 Å². The maximum atomic E-state index is 12.7. The lowest BCUT2D eigenvalue weighted by Gasteiger charge is -2.16. The second kappa shape index (κ2) is 5.94. The Balaban J connectivity index is 2.04. The number of fused-ring (bicyclic) bond motifs is 1. The first-order chi connectivity index (χ1) is 10.9. The van der Waals surface area contributed by atoms with Crippen molar-refractivity contribution in [2.75, 3.05) is 7.11 Å². The van der Waals surface area contributed by atoms with Crippen molar-refractivity contribution in [1.82, 2.24) is 9.55 Å². The first kappa shape index (κ1) is 16.0. The third-order valence-electron chi connectivity index (χ3n) is 3.52. The molecule has 0 spiro atoms. The van der Waals surface area contributed by atoms with Crippen LogP contribution in [0.4, 0.5) is 0 Å². The van der Waals surface area contributed by atoms with E-state index in [4.69, 9.17) is 4.74 Å². The zero-order valence-electron chi connectivity index (χ0n) is 13.8. The predicted molar refractivity (Wildman–Crippen MR) is 99.2 cm³/mol. The molecular formula is C17H20N2O2SSi. The quantitative estimate of drug-likeness (QED) is 0.672. The number of ether oxygens (including phenoxy) is 1. The minimum atomic E-state index is -1.37. The highest BCUT2D eigenvalue weighted by molar-refractivity contribution is 7.22. The Morgan fingerprint density at radius 1 is 1.22 bits per heavy atom. The van der Waals surface area contributed by atoms with Crippen LogP contribution in [0.2, 0.25) is 19.6 Å². The summed E-state index contributed by atoms with van der Waals surface area (Å²) in [5.41, 5.74) is 1.92. The van der Waals surface area contributed by atoms with E-state index in [1.165, 1.54) is 11.3 Å². The zero-order chi connectivity index (χ0) is 16.6. The van der Waals surface area contributed by atoms with E-state index in [1.54, 1.807) is 18.0 Å². The van der Waals surface area contributed by atoms with Crippen LogP contribution in [0.1, 0.15) is 0 Å². The molecule has 3 aromatic rings. The molecule has 0 saturated carbocycles. The van der Waals surface area contributed by atoms with E-state index in [0.717, 1.165) is 32.6 Å². The van der Waals surface area contributed by atoms with Gasteiger partial charge in [0.15, 0.2) is 0 Å². The van der Waals surface area contributed by atoms with Gasteiger partial charge in [-0.1, -0.05) is 19.6 Å². The Bertz CT molecular complexity index is 892. The summed E-state index contributed by atoms with van der Waals surface area (Å²) in [7, 11) is 0.281. The van der Waals surface area contributed by atoms with E-state index >= 15 is 0 Å². The molecule has 0 fully saturated rings. The highest BCUT2D eigenvalue weighted by Gasteiger charge is 2.17. The smallest absolute Gasteiger partial charge is 0.271 e. The minimum Gasteiger partial charge on any atom is -0.497 e. The summed E-state index contributed by atoms with van der Waals surface area (Å²) in [5, 5.41) is 0. The van der Waals surface area contributed by atoms with Gasteiger partial charge in [0.25, 0.3) is 5.56 Å². The minimum absolute atomic E-state index is 0.0715. The number of methoxy groups -OCH3 is 1. The molecule has 0 aliphatic rings. The van der Waals surface area contributed by atoms with Crippen molar-refractivity contribution in [2.45, 2.75) is 25.8 Å². The van der Waals surface area contributed by atoms with Crippen molar-refractivity contribution in [1.29, 1.82) is 0 Å². The van der Waals surface area contributed by atoms with E-state index < -0.39 is 8.07 Å². The fraction of sp³-hybridized carbons (Fsp3) is 0.294. The fourth-order valence-electron chi connectivity index (χ4n) is 2.47. The van der Waals surface area contributed by atoms with Crippen molar-refractivity contribution in [2.24, 2.45) is 0 Å². The summed E-state index contributed by atoms with van der Waals surface area (Å²) in [4.78, 5) is 18.2. The maximum absolute atomic E-state index is 12.7. The van der Waals surface area contributed by atoms with E-state index in [9.17, 15) is 4.79 Å². The molecule has 0 amide bonds. The lowest BCUT2D eigenvalue weighted by atomic mass is 10.2. The standard InChI is InChI=1S/C17H20N2O2SSi/c1-21-13-7-5-12(6-8-13)15-9-14-16(22-15)17(20)19(10-18-14)11-23(2,3)4/h5-10H,11H2,1-4H3. The average Bonchev–Trinajstić information content (AvgIpc) is 2.94. The summed E-state index contributed by atoms with van der Waals surface area (Å²) >= 11 is 1.51. The van der Waals surface area contributed by atoms with Gasteiger partial charge in [-0.3, -0.25) is 4.79 Å². The molecule has 0 bridgehead atoms. The van der Waals surface area contributed by atoms with Gasteiger partial charge in [-0.2, -0.15) is 0 Å². The number of aromatic nitrogens is 2. The molecule has 4 nitrogen and oxygen atoms in total. The molecule has 2 heterocycles. The Labute approximate surface area is 140 Å². The molecule has 6 heteroatoms. The number of thiophene rings is 1. The van der Waals surface area contributed by atoms with Gasteiger partial charge in [0.2, 0.25) is 0 Å². The third-order valence-corrected chi connectivity index (χ3v) is 5.97. The number of hydrogen-bond acceptors (Lipinski definition) is 4. The Morgan fingerprint density at radius 2 is 1.91 bits per heavy atom. The molecule has 3 rings (SSSR count). The van der Waals surface area contributed by atoms with Crippen LogP contribution < -0.4 is 10.3 Å². The van der Waals surface area contributed by atoms with Crippen molar-refractivity contribution < 1.29 is 4.74 Å². The normalized spacial score (nSPS) is 11.8. The summed E-state index contributed by atoms with van der Waals surface area (Å²) < 4.78 is 7.69. The van der Waals surface area contributed by atoms with Crippen LogP contribution in [-0.4, -0.2) is 24.7 Å². The molecule has 120 valence electrons. The van der Waals surface area contributed by atoms with Crippen LogP contribution in [0, 0.1) is 0 Å². The molecule has 0 saturated heterocycles. The first-order valence-electron chi connectivity index (χ1n) is 7.51. The molecule has 2 aromatic heterocycles. The predicted octanol–water partition coefficient (Wildman–Crippen LogP) is 4.01. The highest BCUT2D eigenvalue weighted by atomic mass is 32.1. The van der Waals surface area contributed by atoms with Gasteiger partial charge < -0.3 is 9.30 Å². The van der Waals surface area contributed by atoms with Gasteiger partial charge in [0.1, 0.15) is 10.4 Å². The summed E-state index contributed by atoms with van der Waals surface area (Å²) in [6.07, 6.45) is 2.48. The van der Waals surface area contributed by atoms with Crippen molar-refractivity contribution in [3.63, 3.8) is 0 Å². The summed E-state index contributed by atoms with van der Waals surface area (Å²) in [6.45, 7) is 6.75.